The Morgan fingerprint density at radius 2 is 1.90 bits per heavy atom. The van der Waals surface area contributed by atoms with Crippen LogP contribution in [0.2, 0.25) is 18.6 Å². The van der Waals surface area contributed by atoms with Crippen molar-refractivity contribution >= 4 is 36.7 Å². The van der Waals surface area contributed by atoms with Gasteiger partial charge in [-0.3, -0.25) is 19.5 Å². The number of likely N-dealkylation sites (tertiary alicyclic amines) is 1. The van der Waals surface area contributed by atoms with Crippen molar-refractivity contribution in [2.24, 2.45) is 5.92 Å². The first-order chi connectivity index (χ1) is 23.0. The SMILES string of the molecule is COc1ccc2c(c1)[C@]1(O[C@@H](CC(=O)N3CCC[C@H]3CO)[C@H]([Si](C)(C)O)[C@H]1C)C(=O)N2Cc1cccc(-n2[nH]c3ccccc3c2=O)c1. The molecular formula is C36H42N4O7Si. The molecule has 3 aliphatic heterocycles. The van der Waals surface area contributed by atoms with Crippen molar-refractivity contribution in [1.82, 2.24) is 14.7 Å². The van der Waals surface area contributed by atoms with E-state index >= 15 is 0 Å². The summed E-state index contributed by atoms with van der Waals surface area (Å²) in [5.41, 5.74) is 1.47. The second-order valence-corrected chi connectivity index (χ2v) is 17.8. The molecule has 3 aromatic carbocycles. The minimum absolute atomic E-state index is 0.0120. The van der Waals surface area contributed by atoms with Gasteiger partial charge in [0.05, 0.1) is 61.1 Å². The number of hydrogen-bond acceptors (Lipinski definition) is 7. The molecule has 1 aromatic heterocycles. The van der Waals surface area contributed by atoms with Gasteiger partial charge in [-0.05, 0) is 74.0 Å². The van der Waals surface area contributed by atoms with Crippen molar-refractivity contribution in [3.63, 3.8) is 0 Å². The Labute approximate surface area is 279 Å². The molecule has 11 nitrogen and oxygen atoms in total. The molecule has 3 N–H and O–H groups in total. The second-order valence-electron chi connectivity index (χ2n) is 13.9. The van der Waals surface area contributed by atoms with Crippen LogP contribution in [-0.4, -0.2) is 77.1 Å². The molecule has 0 unspecified atom stereocenters. The normalized spacial score (nSPS) is 25.4. The van der Waals surface area contributed by atoms with Crippen LogP contribution in [0, 0.1) is 5.92 Å². The highest BCUT2D eigenvalue weighted by Gasteiger charge is 2.66. The molecule has 4 heterocycles. The summed E-state index contributed by atoms with van der Waals surface area (Å²) < 4.78 is 14.0. The topological polar surface area (TPSA) is 137 Å². The van der Waals surface area contributed by atoms with Crippen molar-refractivity contribution in [1.29, 1.82) is 0 Å². The van der Waals surface area contributed by atoms with E-state index < -0.39 is 31.5 Å². The number of aromatic nitrogens is 2. The van der Waals surface area contributed by atoms with E-state index in [1.54, 1.807) is 23.0 Å². The van der Waals surface area contributed by atoms with Crippen LogP contribution in [0.3, 0.4) is 0 Å². The summed E-state index contributed by atoms with van der Waals surface area (Å²) in [6, 6.07) is 20.1. The minimum Gasteiger partial charge on any atom is -0.497 e. The Morgan fingerprint density at radius 3 is 2.62 bits per heavy atom. The van der Waals surface area contributed by atoms with Crippen LogP contribution in [0.4, 0.5) is 5.69 Å². The number of hydrogen-bond donors (Lipinski definition) is 3. The predicted molar refractivity (Wildman–Crippen MR) is 184 cm³/mol. The molecule has 0 radical (unpaired) electrons. The van der Waals surface area contributed by atoms with Crippen LogP contribution >= 0.6 is 0 Å². The summed E-state index contributed by atoms with van der Waals surface area (Å²) in [6.07, 6.45) is 0.884. The molecule has 2 amide bonds. The highest BCUT2D eigenvalue weighted by atomic mass is 28.4. The zero-order valence-corrected chi connectivity index (χ0v) is 28.7. The summed E-state index contributed by atoms with van der Waals surface area (Å²) in [7, 11) is -1.42. The number of carbonyl (C=O) groups excluding carboxylic acids is 2. The number of benzene rings is 3. The first-order valence-corrected chi connectivity index (χ1v) is 19.6. The number of methoxy groups -OCH3 is 1. The predicted octanol–water partition coefficient (Wildman–Crippen LogP) is 4.05. The first-order valence-electron chi connectivity index (χ1n) is 16.6. The fourth-order valence-corrected chi connectivity index (χ4v) is 11.0. The van der Waals surface area contributed by atoms with E-state index in [1.807, 2.05) is 80.7 Å². The third kappa shape index (κ3) is 5.09. The Kier molecular flexibility index (Phi) is 8.10. The number of aromatic amines is 1. The van der Waals surface area contributed by atoms with Gasteiger partial charge in [0.2, 0.25) is 5.91 Å². The monoisotopic (exact) mass is 670 g/mol. The number of fused-ring (bicyclic) bond motifs is 3. The Bertz CT molecular complexity index is 1950. The zero-order valence-electron chi connectivity index (χ0n) is 27.7. The van der Waals surface area contributed by atoms with Crippen molar-refractivity contribution in [3.8, 4) is 11.4 Å². The Hall–Kier alpha value is -4.23. The van der Waals surface area contributed by atoms with E-state index in [2.05, 4.69) is 5.10 Å². The van der Waals surface area contributed by atoms with E-state index in [0.29, 0.717) is 34.6 Å². The van der Waals surface area contributed by atoms with Gasteiger partial charge in [0, 0.05) is 23.6 Å². The van der Waals surface area contributed by atoms with Crippen molar-refractivity contribution in [3.05, 3.63) is 88.2 Å². The van der Waals surface area contributed by atoms with Gasteiger partial charge in [0.1, 0.15) is 5.75 Å². The number of aliphatic hydroxyl groups excluding tert-OH is 1. The maximum Gasteiger partial charge on any atom is 0.279 e. The Morgan fingerprint density at radius 1 is 1.10 bits per heavy atom. The highest BCUT2D eigenvalue weighted by Crippen LogP contribution is 2.60. The van der Waals surface area contributed by atoms with Gasteiger partial charge in [-0.15, -0.1) is 0 Å². The van der Waals surface area contributed by atoms with Crippen LogP contribution in [0.1, 0.15) is 37.3 Å². The molecule has 7 rings (SSSR count). The van der Waals surface area contributed by atoms with Crippen LogP contribution in [0.5, 0.6) is 5.75 Å². The van der Waals surface area contributed by atoms with Crippen LogP contribution in [0.25, 0.3) is 16.6 Å². The number of ether oxygens (including phenoxy) is 2. The average molecular weight is 671 g/mol. The number of amides is 2. The number of H-pyrrole nitrogens is 1. The van der Waals surface area contributed by atoms with Gasteiger partial charge < -0.3 is 29.2 Å². The average Bonchev–Trinajstić information content (AvgIpc) is 3.81. The lowest BCUT2D eigenvalue weighted by Gasteiger charge is -2.33. The number of para-hydroxylation sites is 1. The lowest BCUT2D eigenvalue weighted by Crippen LogP contribution is -2.46. The molecule has 0 aliphatic carbocycles. The van der Waals surface area contributed by atoms with E-state index in [9.17, 15) is 24.3 Å². The van der Waals surface area contributed by atoms with Crippen molar-refractivity contribution < 1.29 is 29.0 Å². The number of aliphatic hydroxyl groups is 1. The highest BCUT2D eigenvalue weighted by molar-refractivity contribution is 6.71. The van der Waals surface area contributed by atoms with Gasteiger partial charge >= 0.3 is 0 Å². The molecule has 5 atom stereocenters. The summed E-state index contributed by atoms with van der Waals surface area (Å²) in [4.78, 5) is 56.8. The third-order valence-corrected chi connectivity index (χ3v) is 13.1. The second kappa shape index (κ2) is 12.0. The van der Waals surface area contributed by atoms with Crippen LogP contribution < -0.4 is 15.2 Å². The van der Waals surface area contributed by atoms with E-state index in [1.165, 1.54) is 4.68 Å². The van der Waals surface area contributed by atoms with Gasteiger partial charge in [-0.1, -0.05) is 31.2 Å². The molecular weight excluding hydrogens is 629 g/mol. The molecule has 0 saturated carbocycles. The number of carbonyl (C=O) groups is 2. The molecule has 2 fully saturated rings. The minimum atomic E-state index is -2.99. The zero-order chi connectivity index (χ0) is 34.0. The summed E-state index contributed by atoms with van der Waals surface area (Å²) >= 11 is 0. The lowest BCUT2D eigenvalue weighted by atomic mass is 9.82. The number of nitrogens with zero attached hydrogens (tertiary/aromatic N) is 3. The standard InChI is InChI=1S/C36H42N4O7Si/c1-22-33(48(3,4)45)31(19-32(42)38-16-8-11-25(38)21-41)47-36(22)28-18-26(46-2)14-15-30(28)39(35(36)44)20-23-9-7-10-24(17-23)40-34(43)27-12-5-6-13-29(27)37-40/h5-7,9-10,12-15,17-18,22,25,31,33,37,41,45H,8,11,16,19-21H2,1-4H3/t22-,25+,31+,33-,36+/m1/s1. The largest absolute Gasteiger partial charge is 0.497 e. The summed E-state index contributed by atoms with van der Waals surface area (Å²) in [5, 5.41) is 13.6. The van der Waals surface area contributed by atoms with E-state index in [0.717, 1.165) is 23.9 Å². The van der Waals surface area contributed by atoms with Crippen LogP contribution in [0.15, 0.2) is 71.5 Å². The molecule has 12 heteroatoms. The van der Waals surface area contributed by atoms with Gasteiger partial charge in [-0.2, -0.15) is 0 Å². The molecule has 3 aliphatic rings. The molecule has 0 bridgehead atoms. The Balaban J connectivity index is 1.26. The number of anilines is 1. The lowest BCUT2D eigenvalue weighted by molar-refractivity contribution is -0.150. The van der Waals surface area contributed by atoms with E-state index in [-0.39, 0.29) is 43.0 Å². The van der Waals surface area contributed by atoms with Crippen LogP contribution in [-0.2, 0) is 26.5 Å². The summed E-state index contributed by atoms with van der Waals surface area (Å²) in [6.45, 7) is 6.29. The molecule has 252 valence electrons. The molecule has 48 heavy (non-hydrogen) atoms. The van der Waals surface area contributed by atoms with Gasteiger partial charge in [0.15, 0.2) is 13.9 Å². The van der Waals surface area contributed by atoms with Gasteiger partial charge in [-0.25, -0.2) is 4.68 Å². The number of rotatable bonds is 8. The molecule has 4 aromatic rings. The maximum absolute atomic E-state index is 14.9. The van der Waals surface area contributed by atoms with E-state index in [4.69, 9.17) is 9.47 Å². The van der Waals surface area contributed by atoms with Crippen molar-refractivity contribution in [2.45, 2.75) is 69.1 Å². The fraction of sp³-hybridized carbons (Fsp3) is 0.417. The molecule has 1 spiro atoms. The molecule has 2 saturated heterocycles. The quantitative estimate of drug-likeness (QED) is 0.241. The third-order valence-electron chi connectivity index (χ3n) is 10.6. The first kappa shape index (κ1) is 32.3. The maximum atomic E-state index is 14.9. The summed E-state index contributed by atoms with van der Waals surface area (Å²) in [5.74, 6) is -0.285. The fourth-order valence-electron chi connectivity index (χ4n) is 8.40. The smallest absolute Gasteiger partial charge is 0.279 e. The van der Waals surface area contributed by atoms with Gasteiger partial charge in [0.25, 0.3) is 11.5 Å². The number of nitrogens with one attached hydrogen (secondary N) is 1. The van der Waals surface area contributed by atoms with Crippen molar-refractivity contribution in [2.75, 3.05) is 25.2 Å².